The Bertz CT molecular complexity index is 1330. The molecule has 2 aromatic rings. The number of nitrogens with zero attached hydrogens (tertiary/aromatic N) is 1. The fraction of sp³-hybridized carbons (Fsp3) is 0.481. The predicted octanol–water partition coefficient (Wildman–Crippen LogP) is 2.67. The number of aliphatic hydroxyl groups is 1. The number of phenols is 1. The van der Waals surface area contributed by atoms with Crippen LogP contribution in [0.25, 0.3) is 0 Å². The van der Waals surface area contributed by atoms with Gasteiger partial charge in [-0.2, -0.15) is 0 Å². The third-order valence-corrected chi connectivity index (χ3v) is 9.13. The maximum absolute atomic E-state index is 13.8. The minimum atomic E-state index is -1.44. The van der Waals surface area contributed by atoms with E-state index >= 15 is 0 Å². The van der Waals surface area contributed by atoms with Crippen LogP contribution in [-0.2, 0) is 21.4 Å². The number of ketones is 1. The van der Waals surface area contributed by atoms with Gasteiger partial charge in [0.2, 0.25) is 5.91 Å². The van der Waals surface area contributed by atoms with Gasteiger partial charge in [-0.15, -0.1) is 0 Å². The molecule has 1 unspecified atom stereocenters. The Morgan fingerprint density at radius 3 is 2.75 bits per heavy atom. The summed E-state index contributed by atoms with van der Waals surface area (Å²) in [4.78, 5) is 29.4. The molecule has 2 aliphatic heterocycles. The number of rotatable bonds is 4. The Hall–Kier alpha value is -3.04. The van der Waals surface area contributed by atoms with E-state index < -0.39 is 46.4 Å². The van der Waals surface area contributed by atoms with Crippen LogP contribution in [0.5, 0.6) is 11.5 Å². The predicted molar refractivity (Wildman–Crippen MR) is 124 cm³/mol. The van der Waals surface area contributed by atoms with Crippen LogP contribution >= 0.6 is 0 Å². The van der Waals surface area contributed by atoms with Gasteiger partial charge in [0.25, 0.3) is 0 Å². The number of hydrogen-bond acceptors (Lipinski definition) is 6. The number of carbonyl (C=O) groups is 2. The molecule has 2 saturated carbocycles. The smallest absolute Gasteiger partial charge is 0.235 e. The topological polar surface area (TPSA) is 99.1 Å². The summed E-state index contributed by atoms with van der Waals surface area (Å²) in [5.74, 6) is -3.86. The molecule has 36 heavy (non-hydrogen) atoms. The number of benzene rings is 2. The Morgan fingerprint density at radius 1 is 1.19 bits per heavy atom. The van der Waals surface area contributed by atoms with Crippen molar-refractivity contribution in [2.45, 2.75) is 55.3 Å². The summed E-state index contributed by atoms with van der Waals surface area (Å²) in [6.07, 6.45) is 2.08. The number of hydrogen-bond donors (Lipinski definition) is 3. The third kappa shape index (κ3) is 2.78. The van der Waals surface area contributed by atoms with Gasteiger partial charge in [0, 0.05) is 29.9 Å². The van der Waals surface area contributed by atoms with Gasteiger partial charge in [-0.25, -0.2) is 8.78 Å². The van der Waals surface area contributed by atoms with E-state index in [1.807, 2.05) is 6.07 Å². The lowest BCUT2D eigenvalue weighted by molar-refractivity contribution is -0.197. The molecule has 3 aliphatic carbocycles. The van der Waals surface area contributed by atoms with Gasteiger partial charge in [-0.3, -0.25) is 14.5 Å². The molecule has 9 heteroatoms. The number of likely N-dealkylation sites (tertiary alicyclic amines) is 1. The van der Waals surface area contributed by atoms with Gasteiger partial charge in [0.15, 0.2) is 35.0 Å². The number of ether oxygens (including phenoxy) is 1. The zero-order chi connectivity index (χ0) is 25.0. The molecule has 7 nitrogen and oxygen atoms in total. The monoisotopic (exact) mass is 496 g/mol. The van der Waals surface area contributed by atoms with Crippen LogP contribution in [0.1, 0.15) is 36.8 Å². The van der Waals surface area contributed by atoms with Crippen molar-refractivity contribution in [2.24, 2.45) is 11.8 Å². The maximum Gasteiger partial charge on any atom is 0.235 e. The molecule has 2 heterocycles. The van der Waals surface area contributed by atoms with E-state index in [1.165, 1.54) is 6.07 Å². The molecule has 7 rings (SSSR count). The number of carbonyl (C=O) groups excluding carboxylic acids is 2. The molecule has 3 N–H and O–H groups in total. The Kier molecular flexibility index (Phi) is 4.47. The SMILES string of the molecule is O=C(Nc1ccc(F)c(F)c1)C1C[C@@]2(O)[C@H]3Cc4ccc(O)c5c4[C@@]2(CCN3CC2CC2)[C@@H](O5)C1=O. The minimum absolute atomic E-state index is 0.0220. The molecule has 2 bridgehead atoms. The van der Waals surface area contributed by atoms with Crippen LogP contribution in [0, 0.1) is 23.5 Å². The summed E-state index contributed by atoms with van der Waals surface area (Å²) in [5, 5.41) is 25.7. The van der Waals surface area contributed by atoms with Crippen LogP contribution < -0.4 is 10.1 Å². The number of phenolic OH excluding ortho intramolecular Hbond substituents is 1. The maximum atomic E-state index is 13.8. The summed E-state index contributed by atoms with van der Waals surface area (Å²) in [6, 6.07) is 6.08. The highest BCUT2D eigenvalue weighted by Crippen LogP contribution is 2.65. The molecule has 5 aliphatic rings. The molecular weight excluding hydrogens is 470 g/mol. The van der Waals surface area contributed by atoms with Crippen molar-refractivity contribution in [3.05, 3.63) is 53.1 Å². The number of halogens is 2. The lowest BCUT2D eigenvalue weighted by Crippen LogP contribution is -2.78. The van der Waals surface area contributed by atoms with Crippen LogP contribution in [-0.4, -0.2) is 57.6 Å². The summed E-state index contributed by atoms with van der Waals surface area (Å²) in [7, 11) is 0. The molecule has 0 aromatic heterocycles. The molecular formula is C27H26F2N2O5. The van der Waals surface area contributed by atoms with Gasteiger partial charge in [-0.1, -0.05) is 6.07 Å². The van der Waals surface area contributed by atoms with Crippen molar-refractivity contribution in [3.8, 4) is 11.5 Å². The van der Waals surface area contributed by atoms with E-state index in [1.54, 1.807) is 6.07 Å². The van der Waals surface area contributed by atoms with Gasteiger partial charge in [0.05, 0.1) is 11.0 Å². The van der Waals surface area contributed by atoms with Crippen molar-refractivity contribution >= 4 is 17.4 Å². The largest absolute Gasteiger partial charge is 0.504 e. The van der Waals surface area contributed by atoms with Crippen molar-refractivity contribution in [3.63, 3.8) is 0 Å². The molecule has 5 atom stereocenters. The van der Waals surface area contributed by atoms with Crippen molar-refractivity contribution in [1.82, 2.24) is 4.90 Å². The fourth-order valence-electron chi connectivity index (χ4n) is 7.33. The fourth-order valence-corrected chi connectivity index (χ4v) is 7.33. The van der Waals surface area contributed by atoms with Crippen LogP contribution in [0.15, 0.2) is 30.3 Å². The van der Waals surface area contributed by atoms with E-state index in [9.17, 15) is 28.6 Å². The minimum Gasteiger partial charge on any atom is -0.504 e. The molecule has 3 fully saturated rings. The van der Waals surface area contributed by atoms with Gasteiger partial charge >= 0.3 is 0 Å². The zero-order valence-electron chi connectivity index (χ0n) is 19.5. The highest BCUT2D eigenvalue weighted by molar-refractivity contribution is 6.10. The van der Waals surface area contributed by atoms with Crippen LogP contribution in [0.3, 0.4) is 0 Å². The van der Waals surface area contributed by atoms with E-state index in [4.69, 9.17) is 4.74 Å². The van der Waals surface area contributed by atoms with Crippen molar-refractivity contribution < 1.29 is 33.3 Å². The number of Topliss-reactive ketones (excluding diaryl/α,β-unsaturated/α-hetero) is 1. The second kappa shape index (κ2) is 7.26. The second-order valence-electron chi connectivity index (χ2n) is 11.0. The van der Waals surface area contributed by atoms with Gasteiger partial charge in [-0.05, 0) is 68.3 Å². The quantitative estimate of drug-likeness (QED) is 0.563. The Labute approximate surface area is 206 Å². The summed E-state index contributed by atoms with van der Waals surface area (Å²) >= 11 is 0. The molecule has 1 amide bonds. The number of aromatic hydroxyl groups is 1. The third-order valence-electron chi connectivity index (χ3n) is 9.13. The first-order chi connectivity index (χ1) is 17.2. The summed E-state index contributed by atoms with van der Waals surface area (Å²) in [6.45, 7) is 1.55. The summed E-state index contributed by atoms with van der Waals surface area (Å²) in [5.41, 5.74) is -0.812. The van der Waals surface area contributed by atoms with Crippen molar-refractivity contribution in [2.75, 3.05) is 18.4 Å². The van der Waals surface area contributed by atoms with Gasteiger partial charge in [0.1, 0.15) is 5.92 Å². The number of anilines is 1. The Balaban J connectivity index is 1.31. The zero-order valence-corrected chi connectivity index (χ0v) is 19.5. The normalized spacial score (nSPS) is 34.2. The van der Waals surface area contributed by atoms with E-state index in [0.29, 0.717) is 30.9 Å². The van der Waals surface area contributed by atoms with Crippen LogP contribution in [0.4, 0.5) is 14.5 Å². The first-order valence-corrected chi connectivity index (χ1v) is 12.5. The molecule has 0 radical (unpaired) electrons. The van der Waals surface area contributed by atoms with Crippen LogP contribution in [0.2, 0.25) is 0 Å². The second-order valence-corrected chi connectivity index (χ2v) is 11.0. The number of amides is 1. The average molecular weight is 497 g/mol. The lowest BCUT2D eigenvalue weighted by Gasteiger charge is -2.63. The molecule has 188 valence electrons. The number of nitrogens with one attached hydrogen (secondary N) is 1. The van der Waals surface area contributed by atoms with E-state index in [-0.39, 0.29) is 29.6 Å². The van der Waals surface area contributed by atoms with Crippen molar-refractivity contribution in [1.29, 1.82) is 0 Å². The number of piperidine rings is 1. The van der Waals surface area contributed by atoms with E-state index in [0.717, 1.165) is 37.1 Å². The Morgan fingerprint density at radius 2 is 2.00 bits per heavy atom. The lowest BCUT2D eigenvalue weighted by atomic mass is 9.47. The van der Waals surface area contributed by atoms with Gasteiger partial charge < -0.3 is 20.3 Å². The average Bonchev–Trinajstić information content (AvgIpc) is 3.58. The first kappa shape index (κ1) is 22.2. The molecule has 1 saturated heterocycles. The van der Waals surface area contributed by atoms with E-state index in [2.05, 4.69) is 10.2 Å². The molecule has 1 spiro atoms. The first-order valence-electron chi connectivity index (χ1n) is 12.5. The highest BCUT2D eigenvalue weighted by Gasteiger charge is 2.75. The highest BCUT2D eigenvalue weighted by atomic mass is 19.2. The molecule has 2 aromatic carbocycles. The standard InChI is InChI=1S/C27H26F2N2O5/c28-17-5-4-15(10-18(17)29)30-25(34)16-11-27(35)20-9-14-3-6-19(32)23-21(14)26(27,24(36-23)22(16)33)7-8-31(20)12-13-1-2-13/h3-6,10,13,16,20,24,32,35H,1-2,7-9,11-12H2,(H,30,34)/t16?,20-,24+,26+,27-/m1/s1. The summed E-state index contributed by atoms with van der Waals surface area (Å²) < 4.78 is 33.2.